The Hall–Kier alpha value is -3.41. The van der Waals surface area contributed by atoms with Crippen LogP contribution < -0.4 is 10.6 Å². The van der Waals surface area contributed by atoms with E-state index in [0.29, 0.717) is 24.2 Å². The smallest absolute Gasteiger partial charge is 0.290 e. The number of aromatic amines is 1. The van der Waals surface area contributed by atoms with Crippen molar-refractivity contribution in [1.82, 2.24) is 30.9 Å². The highest BCUT2D eigenvalue weighted by atomic mass is 32.2. The molecule has 2 fully saturated rings. The summed E-state index contributed by atoms with van der Waals surface area (Å²) in [5.41, 5.74) is 1.33. The predicted molar refractivity (Wildman–Crippen MR) is 143 cm³/mol. The number of rotatable bonds is 7. The van der Waals surface area contributed by atoms with Crippen molar-refractivity contribution in [2.75, 3.05) is 6.54 Å². The molecule has 1 aromatic heterocycles. The molecular formula is C25H38N6O5S. The summed E-state index contributed by atoms with van der Waals surface area (Å²) in [6.45, 7) is 12.6. The molecule has 2 saturated heterocycles. The molecule has 2 aliphatic heterocycles. The van der Waals surface area contributed by atoms with Crippen molar-refractivity contribution in [3.8, 4) is 0 Å². The zero-order valence-electron chi connectivity index (χ0n) is 22.2. The molecule has 0 spiro atoms. The number of carbonyl (C=O) groups is 4. The van der Waals surface area contributed by atoms with Crippen LogP contribution in [-0.2, 0) is 25.6 Å². The summed E-state index contributed by atoms with van der Waals surface area (Å²) in [5, 5.41) is 22.6. The summed E-state index contributed by atoms with van der Waals surface area (Å²) in [5.74, 6) is -0.741. The van der Waals surface area contributed by atoms with Crippen LogP contribution in [0.4, 0.5) is 0 Å². The van der Waals surface area contributed by atoms with Gasteiger partial charge in [0, 0.05) is 24.1 Å². The first kappa shape index (κ1) is 31.6. The van der Waals surface area contributed by atoms with Crippen LogP contribution in [0.2, 0.25) is 0 Å². The second kappa shape index (κ2) is 15.6. The summed E-state index contributed by atoms with van der Waals surface area (Å²) in [6, 6.07) is 7.58. The standard InChI is InChI=1S/C20H24N6O3S.2C2H6.CH2O2/c1-20(2)11-26-18(29)16(19(26)30-20)23-17(28)15(12-6-4-3-5-7-12)22-14(27)9-8-13-10-21-25-24-13;2*1-2;2-1-3/h3-7,10,15-16,19H,8-9,11H2,1-2H3,(H,22,27)(H,23,28)(H,21,24,25);2*1-2H3;1H,(H,2,3)/t15-,16-,19?;;;/m1.../s1. The minimum atomic E-state index is -0.878. The van der Waals surface area contributed by atoms with Gasteiger partial charge >= 0.3 is 0 Å². The van der Waals surface area contributed by atoms with E-state index in [4.69, 9.17) is 9.90 Å². The number of carboxylic acid groups (broad SMARTS) is 1. The van der Waals surface area contributed by atoms with E-state index in [1.54, 1.807) is 35.0 Å². The molecule has 0 radical (unpaired) electrons. The average molecular weight is 535 g/mol. The Kier molecular flexibility index (Phi) is 13.4. The topological polar surface area (TPSA) is 157 Å². The minimum Gasteiger partial charge on any atom is -0.483 e. The second-order valence-corrected chi connectivity index (χ2v) is 10.0. The van der Waals surface area contributed by atoms with Crippen LogP contribution in [0.5, 0.6) is 0 Å². The fourth-order valence-corrected chi connectivity index (χ4v) is 5.23. The lowest BCUT2D eigenvalue weighted by atomic mass is 10.0. The molecular weight excluding hydrogens is 496 g/mol. The van der Waals surface area contributed by atoms with E-state index in [1.165, 1.54) is 0 Å². The lowest BCUT2D eigenvalue weighted by Gasteiger charge is -2.42. The van der Waals surface area contributed by atoms with Gasteiger partial charge in [0.15, 0.2) is 0 Å². The van der Waals surface area contributed by atoms with Crippen molar-refractivity contribution in [2.24, 2.45) is 0 Å². The van der Waals surface area contributed by atoms with Gasteiger partial charge in [-0.1, -0.05) is 58.0 Å². The number of nitrogens with zero attached hydrogens (tertiary/aromatic N) is 3. The van der Waals surface area contributed by atoms with Gasteiger partial charge in [-0.05, 0) is 19.4 Å². The highest BCUT2D eigenvalue weighted by Gasteiger charge is 2.56. The van der Waals surface area contributed by atoms with Crippen LogP contribution in [0.25, 0.3) is 0 Å². The van der Waals surface area contributed by atoms with Crippen LogP contribution in [0.15, 0.2) is 36.5 Å². The predicted octanol–water partition coefficient (Wildman–Crippen LogP) is 2.53. The normalized spacial score (nSPS) is 19.1. The third-order valence-corrected chi connectivity index (χ3v) is 6.74. The van der Waals surface area contributed by atoms with Gasteiger partial charge < -0.3 is 20.6 Å². The van der Waals surface area contributed by atoms with E-state index in [9.17, 15) is 14.4 Å². The number of thioether (sulfide) groups is 1. The van der Waals surface area contributed by atoms with E-state index in [2.05, 4.69) is 39.9 Å². The van der Waals surface area contributed by atoms with Crippen molar-refractivity contribution in [3.05, 3.63) is 47.8 Å². The van der Waals surface area contributed by atoms with Crippen molar-refractivity contribution in [1.29, 1.82) is 0 Å². The number of hydrogen-bond acceptors (Lipinski definition) is 7. The number of aryl methyl sites for hydroxylation is 1. The number of aromatic nitrogens is 3. The summed E-state index contributed by atoms with van der Waals surface area (Å²) in [7, 11) is 0. The monoisotopic (exact) mass is 534 g/mol. The van der Waals surface area contributed by atoms with Gasteiger partial charge in [0.1, 0.15) is 17.5 Å². The molecule has 12 heteroatoms. The van der Waals surface area contributed by atoms with Gasteiger partial charge in [-0.15, -0.1) is 11.8 Å². The zero-order chi connectivity index (χ0) is 28.0. The lowest BCUT2D eigenvalue weighted by Crippen LogP contribution is -2.68. The highest BCUT2D eigenvalue weighted by Crippen LogP contribution is 2.46. The molecule has 0 aliphatic carbocycles. The van der Waals surface area contributed by atoms with Crippen molar-refractivity contribution in [3.63, 3.8) is 0 Å². The Morgan fingerprint density at radius 1 is 1.24 bits per heavy atom. The third kappa shape index (κ3) is 8.88. The van der Waals surface area contributed by atoms with Crippen molar-refractivity contribution >= 4 is 36.0 Å². The highest BCUT2D eigenvalue weighted by molar-refractivity contribution is 8.01. The Bertz CT molecular complexity index is 987. The van der Waals surface area contributed by atoms with E-state index in [0.717, 1.165) is 0 Å². The number of β-lactam (4-membered cyclic amide) rings is 1. The molecule has 0 bridgehead atoms. The summed E-state index contributed by atoms with van der Waals surface area (Å²) in [4.78, 5) is 48.2. The largest absolute Gasteiger partial charge is 0.483 e. The van der Waals surface area contributed by atoms with Gasteiger partial charge in [-0.25, -0.2) is 0 Å². The van der Waals surface area contributed by atoms with Crippen LogP contribution in [-0.4, -0.2) is 72.3 Å². The van der Waals surface area contributed by atoms with E-state index >= 15 is 0 Å². The third-order valence-electron chi connectivity index (χ3n) is 5.20. The molecule has 4 N–H and O–H groups in total. The number of fused-ring (bicyclic) bond motifs is 1. The maximum absolute atomic E-state index is 13.1. The molecule has 204 valence electrons. The molecule has 1 aromatic carbocycles. The Morgan fingerprint density at radius 3 is 2.43 bits per heavy atom. The Morgan fingerprint density at radius 2 is 1.86 bits per heavy atom. The zero-order valence-corrected chi connectivity index (χ0v) is 23.0. The molecule has 11 nitrogen and oxygen atoms in total. The molecule has 2 aromatic rings. The van der Waals surface area contributed by atoms with E-state index in [1.807, 2.05) is 45.9 Å². The van der Waals surface area contributed by atoms with Crippen LogP contribution in [0, 0.1) is 0 Å². The maximum atomic E-state index is 13.1. The Balaban J connectivity index is 0.000000894. The summed E-state index contributed by atoms with van der Waals surface area (Å²) >= 11 is 1.69. The molecule has 1 unspecified atom stereocenters. The first-order valence-electron chi connectivity index (χ1n) is 12.3. The number of carbonyl (C=O) groups excluding carboxylic acids is 3. The number of hydrogen-bond donors (Lipinski definition) is 4. The van der Waals surface area contributed by atoms with Gasteiger partial charge in [-0.3, -0.25) is 19.2 Å². The molecule has 3 atom stereocenters. The molecule has 2 aliphatic rings. The Labute approximate surface area is 222 Å². The lowest BCUT2D eigenvalue weighted by molar-refractivity contribution is -0.148. The second-order valence-electron chi connectivity index (χ2n) is 8.20. The van der Waals surface area contributed by atoms with Crippen LogP contribution in [0.3, 0.4) is 0 Å². The summed E-state index contributed by atoms with van der Waals surface area (Å²) < 4.78 is -0.0338. The van der Waals surface area contributed by atoms with Gasteiger partial charge in [0.05, 0.1) is 11.9 Å². The molecule has 4 rings (SSSR count). The number of nitrogens with one attached hydrogen (secondary N) is 3. The van der Waals surface area contributed by atoms with Crippen LogP contribution >= 0.6 is 11.8 Å². The fourth-order valence-electron chi connectivity index (χ4n) is 3.73. The molecule has 3 amide bonds. The van der Waals surface area contributed by atoms with Crippen molar-refractivity contribution < 1.29 is 24.3 Å². The van der Waals surface area contributed by atoms with E-state index in [-0.39, 0.29) is 40.7 Å². The SMILES string of the molecule is CC.CC.CC1(C)CN2C(=O)[C@@H](NC(=O)[C@H](NC(=O)CCc3cn[nH]n3)c3ccccc3)C2S1.O=CO. The minimum absolute atomic E-state index is 0.0338. The maximum Gasteiger partial charge on any atom is 0.290 e. The van der Waals surface area contributed by atoms with Crippen LogP contribution in [0.1, 0.15) is 65.3 Å². The fraction of sp³-hybridized carbons (Fsp3) is 0.520. The van der Waals surface area contributed by atoms with Crippen molar-refractivity contribution in [2.45, 2.75) is 76.6 Å². The first-order valence-corrected chi connectivity index (χ1v) is 13.2. The van der Waals surface area contributed by atoms with Gasteiger partial charge in [-0.2, -0.15) is 15.4 Å². The first-order chi connectivity index (χ1) is 17.8. The van der Waals surface area contributed by atoms with E-state index < -0.39 is 12.1 Å². The molecule has 37 heavy (non-hydrogen) atoms. The molecule has 3 heterocycles. The number of benzene rings is 1. The van der Waals surface area contributed by atoms with Gasteiger partial charge in [0.2, 0.25) is 17.7 Å². The van der Waals surface area contributed by atoms with Gasteiger partial charge in [0.25, 0.3) is 6.47 Å². The summed E-state index contributed by atoms with van der Waals surface area (Å²) in [6.07, 6.45) is 2.14. The number of H-pyrrole nitrogens is 1. The number of amides is 3. The average Bonchev–Trinajstić information content (AvgIpc) is 3.53. The quantitative estimate of drug-likeness (QED) is 0.312. The molecule has 0 saturated carbocycles.